The summed E-state index contributed by atoms with van der Waals surface area (Å²) in [4.78, 5) is 33.0. The van der Waals surface area contributed by atoms with Crippen molar-refractivity contribution in [2.45, 2.75) is 44.9 Å². The predicted molar refractivity (Wildman–Crippen MR) is 99.6 cm³/mol. The Morgan fingerprint density at radius 1 is 1.15 bits per heavy atom. The molecule has 0 spiro atoms. The standard InChI is InChI=1S/C20H24N4O3/c1-14-21-19(27-22-14)16-5-4-11-23(13-16)20(26)15-7-9-17(10-8-15)24-12-3-2-6-18(24)25/h7-10,16H,2-6,11-13H2,1H3. The maximum Gasteiger partial charge on any atom is 0.253 e. The molecule has 4 rings (SSSR count). The van der Waals surface area contributed by atoms with Crippen LogP contribution in [0.3, 0.4) is 0 Å². The van der Waals surface area contributed by atoms with E-state index in [2.05, 4.69) is 10.1 Å². The molecular weight excluding hydrogens is 344 g/mol. The zero-order valence-electron chi connectivity index (χ0n) is 15.6. The molecule has 0 radical (unpaired) electrons. The van der Waals surface area contributed by atoms with E-state index in [-0.39, 0.29) is 17.7 Å². The number of anilines is 1. The van der Waals surface area contributed by atoms with E-state index >= 15 is 0 Å². The van der Waals surface area contributed by atoms with Crippen LogP contribution < -0.4 is 4.90 Å². The number of piperidine rings is 2. The summed E-state index contributed by atoms with van der Waals surface area (Å²) >= 11 is 0. The Bertz CT molecular complexity index is 830. The predicted octanol–water partition coefficient (Wildman–Crippen LogP) is 2.91. The average molecular weight is 368 g/mol. The van der Waals surface area contributed by atoms with Crippen molar-refractivity contribution in [1.29, 1.82) is 0 Å². The monoisotopic (exact) mass is 368 g/mol. The molecule has 2 aliphatic rings. The molecule has 3 heterocycles. The number of hydrogen-bond donors (Lipinski definition) is 0. The molecule has 2 saturated heterocycles. The van der Waals surface area contributed by atoms with Gasteiger partial charge in [-0.05, 0) is 56.9 Å². The minimum Gasteiger partial charge on any atom is -0.339 e. The lowest BCUT2D eigenvalue weighted by molar-refractivity contribution is -0.119. The Balaban J connectivity index is 1.45. The Morgan fingerprint density at radius 2 is 1.96 bits per heavy atom. The van der Waals surface area contributed by atoms with Gasteiger partial charge < -0.3 is 14.3 Å². The van der Waals surface area contributed by atoms with Gasteiger partial charge >= 0.3 is 0 Å². The molecule has 7 nitrogen and oxygen atoms in total. The summed E-state index contributed by atoms with van der Waals surface area (Å²) < 4.78 is 5.29. The number of carbonyl (C=O) groups is 2. The van der Waals surface area contributed by atoms with Crippen LogP contribution in [-0.2, 0) is 4.79 Å². The molecular formula is C20H24N4O3. The largest absolute Gasteiger partial charge is 0.339 e. The number of amides is 2. The Morgan fingerprint density at radius 3 is 2.67 bits per heavy atom. The van der Waals surface area contributed by atoms with Gasteiger partial charge in [-0.1, -0.05) is 5.16 Å². The maximum absolute atomic E-state index is 12.9. The number of rotatable bonds is 3. The highest BCUT2D eigenvalue weighted by atomic mass is 16.5. The van der Waals surface area contributed by atoms with Crippen LogP contribution in [0.1, 0.15) is 60.1 Å². The van der Waals surface area contributed by atoms with Crippen LogP contribution >= 0.6 is 0 Å². The first kappa shape index (κ1) is 17.7. The van der Waals surface area contributed by atoms with Crippen molar-refractivity contribution in [3.63, 3.8) is 0 Å². The molecule has 142 valence electrons. The number of aromatic nitrogens is 2. The van der Waals surface area contributed by atoms with Crippen LogP contribution in [0.4, 0.5) is 5.69 Å². The molecule has 0 N–H and O–H groups in total. The molecule has 1 aromatic carbocycles. The van der Waals surface area contributed by atoms with Gasteiger partial charge in [-0.3, -0.25) is 9.59 Å². The van der Waals surface area contributed by atoms with Gasteiger partial charge in [0.2, 0.25) is 11.8 Å². The van der Waals surface area contributed by atoms with Crippen molar-refractivity contribution in [2.24, 2.45) is 0 Å². The number of aryl methyl sites for hydroxylation is 1. The number of benzene rings is 1. The van der Waals surface area contributed by atoms with E-state index in [1.165, 1.54) is 0 Å². The quantitative estimate of drug-likeness (QED) is 0.832. The molecule has 2 aliphatic heterocycles. The second-order valence-corrected chi connectivity index (χ2v) is 7.32. The van der Waals surface area contributed by atoms with Crippen molar-refractivity contribution < 1.29 is 14.1 Å². The highest BCUT2D eigenvalue weighted by molar-refractivity contribution is 5.97. The molecule has 27 heavy (non-hydrogen) atoms. The van der Waals surface area contributed by atoms with Gasteiger partial charge in [0.1, 0.15) is 0 Å². The summed E-state index contributed by atoms with van der Waals surface area (Å²) in [6.45, 7) is 3.87. The van der Waals surface area contributed by atoms with Crippen molar-refractivity contribution in [1.82, 2.24) is 15.0 Å². The number of likely N-dealkylation sites (tertiary alicyclic amines) is 1. The molecule has 1 aromatic heterocycles. The molecule has 7 heteroatoms. The lowest BCUT2D eigenvalue weighted by atomic mass is 9.97. The van der Waals surface area contributed by atoms with Gasteiger partial charge in [-0.25, -0.2) is 0 Å². The highest BCUT2D eigenvalue weighted by Gasteiger charge is 2.29. The third kappa shape index (κ3) is 3.72. The minimum atomic E-state index is 0.00691. The van der Waals surface area contributed by atoms with E-state index < -0.39 is 0 Å². The molecule has 2 fully saturated rings. The molecule has 1 unspecified atom stereocenters. The van der Waals surface area contributed by atoms with Gasteiger partial charge in [0, 0.05) is 37.3 Å². The smallest absolute Gasteiger partial charge is 0.253 e. The van der Waals surface area contributed by atoms with E-state index in [1.807, 2.05) is 34.1 Å². The highest BCUT2D eigenvalue weighted by Crippen LogP contribution is 2.27. The second-order valence-electron chi connectivity index (χ2n) is 7.32. The normalized spacial score (nSPS) is 20.8. The van der Waals surface area contributed by atoms with Crippen LogP contribution in [0.2, 0.25) is 0 Å². The number of carbonyl (C=O) groups excluding carboxylic acids is 2. The van der Waals surface area contributed by atoms with E-state index in [0.717, 1.165) is 44.5 Å². The van der Waals surface area contributed by atoms with E-state index in [9.17, 15) is 9.59 Å². The summed E-state index contributed by atoms with van der Waals surface area (Å²) in [5, 5.41) is 3.86. The van der Waals surface area contributed by atoms with Crippen LogP contribution in [0.25, 0.3) is 0 Å². The third-order valence-electron chi connectivity index (χ3n) is 5.35. The fourth-order valence-electron chi connectivity index (χ4n) is 3.89. The van der Waals surface area contributed by atoms with Gasteiger partial charge in [-0.15, -0.1) is 0 Å². The fourth-order valence-corrected chi connectivity index (χ4v) is 3.89. The first-order valence-electron chi connectivity index (χ1n) is 9.62. The molecule has 1 atom stereocenters. The maximum atomic E-state index is 12.9. The van der Waals surface area contributed by atoms with Crippen molar-refractivity contribution in [3.05, 3.63) is 41.5 Å². The Labute approximate surface area is 158 Å². The molecule has 0 bridgehead atoms. The number of hydrogen-bond acceptors (Lipinski definition) is 5. The van der Waals surface area contributed by atoms with Crippen LogP contribution in [0.5, 0.6) is 0 Å². The fraction of sp³-hybridized carbons (Fsp3) is 0.500. The summed E-state index contributed by atoms with van der Waals surface area (Å²) in [6.07, 6.45) is 4.45. The zero-order valence-corrected chi connectivity index (χ0v) is 15.6. The SMILES string of the molecule is Cc1noc(C2CCCN(C(=O)c3ccc(N4CCCCC4=O)cc3)C2)n1. The van der Waals surface area contributed by atoms with E-state index in [1.54, 1.807) is 6.92 Å². The van der Waals surface area contributed by atoms with Crippen LogP contribution in [0.15, 0.2) is 28.8 Å². The lowest BCUT2D eigenvalue weighted by Gasteiger charge is -2.31. The zero-order chi connectivity index (χ0) is 18.8. The second kappa shape index (κ2) is 7.50. The van der Waals surface area contributed by atoms with Gasteiger partial charge in [0.15, 0.2) is 5.82 Å². The van der Waals surface area contributed by atoms with Gasteiger partial charge in [0.05, 0.1) is 5.92 Å². The lowest BCUT2D eigenvalue weighted by Crippen LogP contribution is -2.39. The summed E-state index contributed by atoms with van der Waals surface area (Å²) in [6, 6.07) is 7.39. The summed E-state index contributed by atoms with van der Waals surface area (Å²) in [5.74, 6) is 1.50. The summed E-state index contributed by atoms with van der Waals surface area (Å²) in [7, 11) is 0. The Hall–Kier alpha value is -2.70. The van der Waals surface area contributed by atoms with Crippen LogP contribution in [-0.4, -0.2) is 46.5 Å². The van der Waals surface area contributed by atoms with Gasteiger partial charge in [-0.2, -0.15) is 4.98 Å². The molecule has 2 aromatic rings. The van der Waals surface area contributed by atoms with Crippen LogP contribution in [0, 0.1) is 6.92 Å². The first-order chi connectivity index (χ1) is 13.1. The first-order valence-corrected chi connectivity index (χ1v) is 9.62. The Kier molecular flexibility index (Phi) is 4.92. The van der Waals surface area contributed by atoms with Gasteiger partial charge in [0.25, 0.3) is 5.91 Å². The van der Waals surface area contributed by atoms with E-state index in [0.29, 0.717) is 30.2 Å². The summed E-state index contributed by atoms with van der Waals surface area (Å²) in [5.41, 5.74) is 1.51. The minimum absolute atomic E-state index is 0.00691. The van der Waals surface area contributed by atoms with Crippen molar-refractivity contribution >= 4 is 17.5 Å². The molecule has 2 amide bonds. The topological polar surface area (TPSA) is 79.5 Å². The van der Waals surface area contributed by atoms with Crippen molar-refractivity contribution in [3.8, 4) is 0 Å². The molecule has 0 saturated carbocycles. The number of nitrogens with zero attached hydrogens (tertiary/aromatic N) is 4. The van der Waals surface area contributed by atoms with Crippen molar-refractivity contribution in [2.75, 3.05) is 24.5 Å². The third-order valence-corrected chi connectivity index (χ3v) is 5.35. The molecule has 0 aliphatic carbocycles. The van der Waals surface area contributed by atoms with E-state index in [4.69, 9.17) is 4.52 Å². The average Bonchev–Trinajstić information content (AvgIpc) is 3.14.